The van der Waals surface area contributed by atoms with E-state index in [0.29, 0.717) is 5.69 Å². The van der Waals surface area contributed by atoms with Crippen LogP contribution in [0.5, 0.6) is 0 Å². The Hall–Kier alpha value is -1.62. The lowest BCUT2D eigenvalue weighted by Crippen LogP contribution is -2.52. The van der Waals surface area contributed by atoms with Crippen molar-refractivity contribution in [3.05, 3.63) is 29.0 Å². The van der Waals surface area contributed by atoms with Crippen molar-refractivity contribution in [3.63, 3.8) is 0 Å². The second-order valence-electron chi connectivity index (χ2n) is 6.20. The van der Waals surface area contributed by atoms with Gasteiger partial charge >= 0.3 is 0 Å². The van der Waals surface area contributed by atoms with E-state index in [9.17, 15) is 14.0 Å². The molecule has 1 aliphatic heterocycles. The van der Waals surface area contributed by atoms with Gasteiger partial charge in [0.2, 0.25) is 11.8 Å². The number of rotatable bonds is 1. The third-order valence-corrected chi connectivity index (χ3v) is 3.75. The zero-order chi connectivity index (χ0) is 15.8. The topological polar surface area (TPSA) is 49.4 Å². The largest absolute Gasteiger partial charge is 0.344 e. The summed E-state index contributed by atoms with van der Waals surface area (Å²) >= 11 is 6.04. The molecule has 6 heteroatoms. The number of hydrogen-bond acceptors (Lipinski definition) is 2. The minimum absolute atomic E-state index is 0.158. The fourth-order valence-corrected chi connectivity index (χ4v) is 2.57. The number of hydrogen-bond donors (Lipinski definition) is 1. The Bertz CT molecular complexity index is 584. The van der Waals surface area contributed by atoms with Crippen molar-refractivity contribution in [2.45, 2.75) is 33.2 Å². The molecule has 1 N–H and O–H groups in total. The summed E-state index contributed by atoms with van der Waals surface area (Å²) in [4.78, 5) is 26.0. The van der Waals surface area contributed by atoms with Crippen molar-refractivity contribution in [1.29, 1.82) is 0 Å². The van der Waals surface area contributed by atoms with Gasteiger partial charge in [0.25, 0.3) is 0 Å². The summed E-state index contributed by atoms with van der Waals surface area (Å²) in [6.07, 6.45) is 0.187. The van der Waals surface area contributed by atoms with Crippen LogP contribution < -0.4 is 10.2 Å². The number of anilines is 1. The minimum Gasteiger partial charge on any atom is -0.344 e. The molecule has 1 saturated heterocycles. The maximum atomic E-state index is 13.2. The highest BCUT2D eigenvalue weighted by molar-refractivity contribution is 6.34. The van der Waals surface area contributed by atoms with Crippen LogP contribution in [0.3, 0.4) is 0 Å². The van der Waals surface area contributed by atoms with E-state index < -0.39 is 17.3 Å². The molecule has 0 spiro atoms. The van der Waals surface area contributed by atoms with Gasteiger partial charge < -0.3 is 10.2 Å². The molecule has 1 fully saturated rings. The molecule has 0 bridgehead atoms. The number of halogens is 2. The van der Waals surface area contributed by atoms with Crippen molar-refractivity contribution in [3.8, 4) is 0 Å². The summed E-state index contributed by atoms with van der Waals surface area (Å²) in [5, 5.41) is 2.91. The van der Waals surface area contributed by atoms with Gasteiger partial charge in [-0.25, -0.2) is 4.39 Å². The Labute approximate surface area is 128 Å². The van der Waals surface area contributed by atoms with Gasteiger partial charge in [-0.05, 0) is 23.6 Å². The number of nitrogens with zero attached hydrogens (tertiary/aromatic N) is 1. The van der Waals surface area contributed by atoms with E-state index >= 15 is 0 Å². The summed E-state index contributed by atoms with van der Waals surface area (Å²) in [7, 11) is 0. The molecule has 2 rings (SSSR count). The van der Waals surface area contributed by atoms with Crippen molar-refractivity contribution in [2.75, 3.05) is 11.4 Å². The third kappa shape index (κ3) is 3.35. The van der Waals surface area contributed by atoms with Crippen LogP contribution in [0.25, 0.3) is 0 Å². The van der Waals surface area contributed by atoms with Gasteiger partial charge in [-0.15, -0.1) is 0 Å². The van der Waals surface area contributed by atoms with Gasteiger partial charge in [0.1, 0.15) is 11.9 Å². The smallest absolute Gasteiger partial charge is 0.250 e. The maximum Gasteiger partial charge on any atom is 0.250 e. The lowest BCUT2D eigenvalue weighted by molar-refractivity contribution is -0.127. The van der Waals surface area contributed by atoms with Crippen LogP contribution in [0, 0.1) is 11.2 Å². The molecular formula is C15H18ClFN2O2. The van der Waals surface area contributed by atoms with Crippen molar-refractivity contribution in [2.24, 2.45) is 5.41 Å². The Morgan fingerprint density at radius 1 is 1.33 bits per heavy atom. The minimum atomic E-state index is -0.645. The fourth-order valence-electron chi connectivity index (χ4n) is 2.30. The zero-order valence-corrected chi connectivity index (χ0v) is 13.0. The molecule has 4 nitrogen and oxygen atoms in total. The molecule has 1 aliphatic rings. The molecule has 1 heterocycles. The molecule has 2 amide bonds. The standard InChI is InChI=1S/C15H18ClFN2O2/c1-15(2,3)13-14(21)19(7-6-12(20)18-13)11-5-4-9(17)8-10(11)16/h4-5,8,13H,6-7H2,1-3H3,(H,18,20). The van der Waals surface area contributed by atoms with E-state index in [1.807, 2.05) is 20.8 Å². The first-order valence-electron chi connectivity index (χ1n) is 6.76. The number of carbonyl (C=O) groups is 2. The first kappa shape index (κ1) is 15.8. The van der Waals surface area contributed by atoms with Gasteiger partial charge in [0.05, 0.1) is 10.7 Å². The number of carbonyl (C=O) groups excluding carboxylic acids is 2. The normalized spacial score (nSPS) is 20.2. The van der Waals surface area contributed by atoms with E-state index in [-0.39, 0.29) is 29.8 Å². The zero-order valence-electron chi connectivity index (χ0n) is 12.2. The summed E-state index contributed by atoms with van der Waals surface area (Å²) in [6.45, 7) is 5.87. The van der Waals surface area contributed by atoms with E-state index in [1.54, 1.807) is 0 Å². The fraction of sp³-hybridized carbons (Fsp3) is 0.467. The van der Waals surface area contributed by atoms with Crippen molar-refractivity contribution < 1.29 is 14.0 Å². The highest BCUT2D eigenvalue weighted by Crippen LogP contribution is 2.31. The molecule has 1 atom stereocenters. The molecule has 1 aromatic rings. The molecule has 0 radical (unpaired) electrons. The quantitative estimate of drug-likeness (QED) is 0.867. The van der Waals surface area contributed by atoms with Gasteiger partial charge in [-0.1, -0.05) is 32.4 Å². The highest BCUT2D eigenvalue weighted by Gasteiger charge is 2.38. The third-order valence-electron chi connectivity index (χ3n) is 3.45. The molecule has 0 aromatic heterocycles. The monoisotopic (exact) mass is 312 g/mol. The average molecular weight is 313 g/mol. The molecule has 1 unspecified atom stereocenters. The second kappa shape index (κ2) is 5.64. The first-order chi connectivity index (χ1) is 9.70. The number of benzene rings is 1. The number of nitrogens with one attached hydrogen (secondary N) is 1. The Balaban J connectivity index is 2.42. The predicted octanol–water partition coefficient (Wildman–Crippen LogP) is 2.75. The number of amides is 2. The van der Waals surface area contributed by atoms with Gasteiger partial charge in [-0.3, -0.25) is 9.59 Å². The van der Waals surface area contributed by atoms with E-state index in [4.69, 9.17) is 11.6 Å². The summed E-state index contributed by atoms with van der Waals surface area (Å²) in [6, 6.07) is 3.23. The molecule has 1 aromatic carbocycles. The SMILES string of the molecule is CC(C)(C)C1NC(=O)CCN(c2ccc(F)cc2Cl)C1=O. The maximum absolute atomic E-state index is 13.2. The Morgan fingerprint density at radius 3 is 2.57 bits per heavy atom. The van der Waals surface area contributed by atoms with Crippen LogP contribution in [-0.4, -0.2) is 24.4 Å². The van der Waals surface area contributed by atoms with Crippen LogP contribution in [-0.2, 0) is 9.59 Å². The lowest BCUT2D eigenvalue weighted by Gasteiger charge is -2.32. The van der Waals surface area contributed by atoms with Crippen molar-refractivity contribution in [1.82, 2.24) is 5.32 Å². The molecule has 21 heavy (non-hydrogen) atoms. The Morgan fingerprint density at radius 2 is 2.00 bits per heavy atom. The molecule has 0 aliphatic carbocycles. The van der Waals surface area contributed by atoms with Crippen LogP contribution in [0.15, 0.2) is 18.2 Å². The Kier molecular flexibility index (Phi) is 4.23. The lowest BCUT2D eigenvalue weighted by atomic mass is 9.86. The van der Waals surface area contributed by atoms with Crippen LogP contribution in [0.1, 0.15) is 27.2 Å². The average Bonchev–Trinajstić information content (AvgIpc) is 2.50. The van der Waals surface area contributed by atoms with Gasteiger partial charge in [0.15, 0.2) is 0 Å². The molecule has 0 saturated carbocycles. The van der Waals surface area contributed by atoms with Crippen LogP contribution in [0.2, 0.25) is 5.02 Å². The van der Waals surface area contributed by atoms with Gasteiger partial charge in [0, 0.05) is 13.0 Å². The van der Waals surface area contributed by atoms with Gasteiger partial charge in [-0.2, -0.15) is 0 Å². The van der Waals surface area contributed by atoms with Crippen molar-refractivity contribution >= 4 is 29.1 Å². The van der Waals surface area contributed by atoms with E-state index in [2.05, 4.69) is 5.32 Å². The van der Waals surface area contributed by atoms with Crippen LogP contribution in [0.4, 0.5) is 10.1 Å². The second-order valence-corrected chi connectivity index (χ2v) is 6.61. The predicted molar refractivity (Wildman–Crippen MR) is 79.8 cm³/mol. The molecule has 114 valence electrons. The van der Waals surface area contributed by atoms with Crippen LogP contribution >= 0.6 is 11.6 Å². The summed E-state index contributed by atoms with van der Waals surface area (Å²) in [5.41, 5.74) is -0.00390. The summed E-state index contributed by atoms with van der Waals surface area (Å²) in [5.74, 6) is -0.876. The molecular weight excluding hydrogens is 295 g/mol. The van der Waals surface area contributed by atoms with E-state index in [0.717, 1.165) is 6.07 Å². The summed E-state index contributed by atoms with van der Waals surface area (Å²) < 4.78 is 13.2. The highest BCUT2D eigenvalue weighted by atomic mass is 35.5. The first-order valence-corrected chi connectivity index (χ1v) is 7.14. The van der Waals surface area contributed by atoms with E-state index in [1.165, 1.54) is 17.0 Å².